The van der Waals surface area contributed by atoms with Crippen LogP contribution in [0.2, 0.25) is 0 Å². The molecule has 1 aliphatic heterocycles. The Balaban J connectivity index is 1.38. The van der Waals surface area contributed by atoms with Gasteiger partial charge < -0.3 is 20.7 Å². The fourth-order valence-corrected chi connectivity index (χ4v) is 4.70. The van der Waals surface area contributed by atoms with Gasteiger partial charge in [-0.1, -0.05) is 24.3 Å². The first-order chi connectivity index (χ1) is 16.6. The number of carbonyl (C=O) groups excluding carboxylic acids is 3. The maximum absolute atomic E-state index is 13.2. The van der Waals surface area contributed by atoms with Crippen molar-refractivity contribution in [1.82, 2.24) is 24.8 Å². The lowest BCUT2D eigenvalue weighted by atomic mass is 9.94. The summed E-state index contributed by atoms with van der Waals surface area (Å²) in [5, 5.41) is 7.65. The van der Waals surface area contributed by atoms with Crippen LogP contribution in [-0.4, -0.2) is 62.1 Å². The molecule has 2 aromatic heterocycles. The molecule has 3 heterocycles. The summed E-state index contributed by atoms with van der Waals surface area (Å²) in [4.78, 5) is 43.7. The first kappa shape index (κ1) is 22.8. The Bertz CT molecular complexity index is 1310. The van der Waals surface area contributed by atoms with Crippen molar-refractivity contribution in [3.8, 4) is 0 Å². The van der Waals surface area contributed by atoms with Gasteiger partial charge in [-0.05, 0) is 50.8 Å². The van der Waals surface area contributed by atoms with Gasteiger partial charge >= 0.3 is 6.09 Å². The molecule has 182 valence electrons. The number of benzene rings is 1. The molecule has 0 unspecified atom stereocenters. The van der Waals surface area contributed by atoms with E-state index in [2.05, 4.69) is 27.5 Å². The van der Waals surface area contributed by atoms with Crippen molar-refractivity contribution in [2.45, 2.75) is 51.2 Å². The van der Waals surface area contributed by atoms with Crippen molar-refractivity contribution in [3.63, 3.8) is 0 Å². The fraction of sp³-hybridized carbons (Fsp3) is 0.400. The van der Waals surface area contributed by atoms with E-state index in [-0.39, 0.29) is 34.8 Å². The largest absolute Gasteiger partial charge is 0.444 e. The Labute approximate surface area is 202 Å². The number of nitrogens with one attached hydrogen (secondary N) is 1. The summed E-state index contributed by atoms with van der Waals surface area (Å²) in [5.41, 5.74) is 8.64. The van der Waals surface area contributed by atoms with Crippen LogP contribution in [0.5, 0.6) is 0 Å². The predicted octanol–water partition coefficient (Wildman–Crippen LogP) is 2.06. The van der Waals surface area contributed by atoms with Gasteiger partial charge in [-0.2, -0.15) is 5.10 Å². The van der Waals surface area contributed by atoms with Gasteiger partial charge in [0.05, 0.1) is 5.69 Å². The number of likely N-dealkylation sites (tertiary alicyclic amines) is 1. The zero-order valence-corrected chi connectivity index (χ0v) is 19.9. The second-order valence-corrected chi connectivity index (χ2v) is 10.1. The van der Waals surface area contributed by atoms with E-state index in [9.17, 15) is 14.4 Å². The summed E-state index contributed by atoms with van der Waals surface area (Å²) in [5.74, 6) is -1.20. The van der Waals surface area contributed by atoms with E-state index >= 15 is 0 Å². The number of carbonyl (C=O) groups is 3. The van der Waals surface area contributed by atoms with Crippen LogP contribution in [0.3, 0.4) is 0 Å². The van der Waals surface area contributed by atoms with Crippen molar-refractivity contribution in [3.05, 3.63) is 64.6 Å². The Kier molecular flexibility index (Phi) is 5.46. The zero-order valence-electron chi connectivity index (χ0n) is 19.9. The number of aromatic nitrogens is 3. The van der Waals surface area contributed by atoms with Gasteiger partial charge in [0.2, 0.25) is 0 Å². The lowest BCUT2D eigenvalue weighted by Crippen LogP contribution is -2.50. The van der Waals surface area contributed by atoms with Crippen LogP contribution in [0, 0.1) is 0 Å². The Morgan fingerprint density at radius 2 is 1.74 bits per heavy atom. The number of primary amides is 1. The van der Waals surface area contributed by atoms with Crippen molar-refractivity contribution in [2.75, 3.05) is 13.1 Å². The number of ether oxygens (including phenoxy) is 1. The fourth-order valence-electron chi connectivity index (χ4n) is 4.70. The Morgan fingerprint density at radius 3 is 2.34 bits per heavy atom. The molecule has 2 aliphatic rings. The maximum Gasteiger partial charge on any atom is 0.410 e. The Morgan fingerprint density at radius 1 is 1.09 bits per heavy atom. The maximum atomic E-state index is 13.2. The summed E-state index contributed by atoms with van der Waals surface area (Å²) >= 11 is 0. The lowest BCUT2D eigenvalue weighted by Gasteiger charge is -2.39. The number of hydrogen-bond acceptors (Lipinski definition) is 6. The molecule has 0 radical (unpaired) electrons. The van der Waals surface area contributed by atoms with Crippen LogP contribution in [-0.2, 0) is 17.6 Å². The number of amides is 3. The smallest absolute Gasteiger partial charge is 0.410 e. The molecule has 35 heavy (non-hydrogen) atoms. The van der Waals surface area contributed by atoms with Crippen LogP contribution in [0.4, 0.5) is 4.79 Å². The molecule has 1 aliphatic carbocycles. The number of nitrogens with two attached hydrogens (primary N) is 1. The minimum absolute atomic E-state index is 0.0252. The van der Waals surface area contributed by atoms with E-state index in [1.165, 1.54) is 21.8 Å². The second-order valence-electron chi connectivity index (χ2n) is 10.1. The molecule has 0 saturated carbocycles. The number of hydrogen-bond donors (Lipinski definition) is 2. The van der Waals surface area contributed by atoms with E-state index < -0.39 is 17.6 Å². The highest BCUT2D eigenvalue weighted by Gasteiger charge is 2.39. The molecule has 10 heteroatoms. The highest BCUT2D eigenvalue weighted by molar-refractivity contribution is 6.01. The molecule has 0 spiro atoms. The van der Waals surface area contributed by atoms with Crippen molar-refractivity contribution < 1.29 is 19.1 Å². The average Bonchev–Trinajstić information content (AvgIpc) is 3.31. The minimum Gasteiger partial charge on any atom is -0.444 e. The standard InChI is InChI=1S/C25H28N6O4/c1-25(2,3)35-24(34)30-12-16(13-30)20-19(21(26)32)22-27-9-8-18(31(22)29-20)23(33)28-17-10-14-6-4-5-7-15(14)11-17/h4-9,16-17H,10-13H2,1-3H3,(H2,26,32)(H,28,33). The molecule has 10 nitrogen and oxygen atoms in total. The average molecular weight is 477 g/mol. The van der Waals surface area contributed by atoms with Crippen LogP contribution >= 0.6 is 0 Å². The number of nitrogens with zero attached hydrogens (tertiary/aromatic N) is 4. The van der Waals surface area contributed by atoms with Gasteiger partial charge in [-0.25, -0.2) is 14.3 Å². The molecule has 3 N–H and O–H groups in total. The first-order valence-electron chi connectivity index (χ1n) is 11.6. The lowest BCUT2D eigenvalue weighted by molar-refractivity contribution is 0.00782. The third kappa shape index (κ3) is 4.31. The van der Waals surface area contributed by atoms with Crippen LogP contribution < -0.4 is 11.1 Å². The third-order valence-corrected chi connectivity index (χ3v) is 6.33. The monoisotopic (exact) mass is 476 g/mol. The molecule has 1 aromatic carbocycles. The first-order valence-corrected chi connectivity index (χ1v) is 11.6. The second kappa shape index (κ2) is 8.37. The summed E-state index contributed by atoms with van der Waals surface area (Å²) in [6, 6.07) is 9.68. The van der Waals surface area contributed by atoms with Gasteiger partial charge in [0.15, 0.2) is 5.65 Å². The van der Waals surface area contributed by atoms with Gasteiger partial charge in [-0.15, -0.1) is 0 Å². The van der Waals surface area contributed by atoms with E-state index in [1.54, 1.807) is 31.7 Å². The highest BCUT2D eigenvalue weighted by atomic mass is 16.6. The van der Waals surface area contributed by atoms with E-state index in [1.807, 2.05) is 12.1 Å². The summed E-state index contributed by atoms with van der Waals surface area (Å²) < 4.78 is 6.78. The summed E-state index contributed by atoms with van der Waals surface area (Å²) in [6.07, 6.45) is 2.57. The normalized spacial score (nSPS) is 16.1. The van der Waals surface area contributed by atoms with E-state index in [4.69, 9.17) is 10.5 Å². The summed E-state index contributed by atoms with van der Waals surface area (Å²) in [6.45, 7) is 6.08. The molecule has 1 saturated heterocycles. The van der Waals surface area contributed by atoms with Crippen molar-refractivity contribution in [1.29, 1.82) is 0 Å². The zero-order chi connectivity index (χ0) is 24.9. The molecule has 0 atom stereocenters. The Hall–Kier alpha value is -3.95. The molecule has 3 amide bonds. The van der Waals surface area contributed by atoms with Gasteiger partial charge in [0, 0.05) is 31.2 Å². The van der Waals surface area contributed by atoms with Crippen LogP contribution in [0.15, 0.2) is 36.5 Å². The van der Waals surface area contributed by atoms with Gasteiger partial charge in [0.25, 0.3) is 11.8 Å². The predicted molar refractivity (Wildman–Crippen MR) is 127 cm³/mol. The summed E-state index contributed by atoms with van der Waals surface area (Å²) in [7, 11) is 0. The quantitative estimate of drug-likeness (QED) is 0.592. The molecule has 0 bridgehead atoms. The molecule has 5 rings (SSSR count). The van der Waals surface area contributed by atoms with Gasteiger partial charge in [-0.3, -0.25) is 9.59 Å². The molecule has 3 aromatic rings. The molecule has 1 fully saturated rings. The molecular weight excluding hydrogens is 448 g/mol. The number of rotatable bonds is 4. The van der Waals surface area contributed by atoms with Crippen molar-refractivity contribution in [2.24, 2.45) is 5.73 Å². The highest BCUT2D eigenvalue weighted by Crippen LogP contribution is 2.31. The van der Waals surface area contributed by atoms with E-state index in [0.29, 0.717) is 18.8 Å². The van der Waals surface area contributed by atoms with E-state index in [0.717, 1.165) is 12.8 Å². The number of fused-ring (bicyclic) bond motifs is 2. The van der Waals surface area contributed by atoms with Crippen molar-refractivity contribution >= 4 is 23.6 Å². The third-order valence-electron chi connectivity index (χ3n) is 6.33. The molecular formula is C25H28N6O4. The topological polar surface area (TPSA) is 132 Å². The SMILES string of the molecule is CC(C)(C)OC(=O)N1CC(c2nn3c(C(=O)NC4Cc5ccccc5C4)ccnc3c2C(N)=O)C1. The van der Waals surface area contributed by atoms with Crippen LogP contribution in [0.25, 0.3) is 5.65 Å². The minimum atomic E-state index is -0.679. The van der Waals surface area contributed by atoms with Gasteiger partial charge in [0.1, 0.15) is 16.9 Å². The van der Waals surface area contributed by atoms with Crippen LogP contribution in [0.1, 0.15) is 64.4 Å².